The summed E-state index contributed by atoms with van der Waals surface area (Å²) in [6, 6.07) is 0. The zero-order chi connectivity index (χ0) is 17.0. The first kappa shape index (κ1) is 19.2. The molecular weight excluding hydrogens is 280 g/mol. The molecule has 0 spiro atoms. The van der Waals surface area contributed by atoms with Crippen molar-refractivity contribution >= 4 is 6.09 Å². The predicted molar refractivity (Wildman–Crippen MR) is 89.2 cm³/mol. The van der Waals surface area contributed by atoms with Gasteiger partial charge in [0, 0.05) is 31.8 Å². The van der Waals surface area contributed by atoms with Gasteiger partial charge in [0.05, 0.1) is 5.60 Å². The molecule has 0 aliphatic carbocycles. The summed E-state index contributed by atoms with van der Waals surface area (Å²) in [4.78, 5) is 14.2. The Morgan fingerprint density at radius 3 is 2.36 bits per heavy atom. The highest BCUT2D eigenvalue weighted by molar-refractivity contribution is 5.69. The number of nitrogens with zero attached hydrogens (tertiary/aromatic N) is 1. The van der Waals surface area contributed by atoms with Crippen molar-refractivity contribution in [1.29, 1.82) is 0 Å². The molecule has 1 N–H and O–H groups in total. The van der Waals surface area contributed by atoms with E-state index < -0.39 is 5.60 Å². The average Bonchev–Trinajstić information content (AvgIpc) is 2.71. The largest absolute Gasteiger partial charge is 0.444 e. The summed E-state index contributed by atoms with van der Waals surface area (Å²) in [7, 11) is 0. The highest BCUT2D eigenvalue weighted by Gasteiger charge is 2.31. The Labute approximate surface area is 135 Å². The lowest BCUT2D eigenvalue weighted by Crippen LogP contribution is -2.51. The number of rotatable bonds is 5. The van der Waals surface area contributed by atoms with Crippen LogP contribution < -0.4 is 5.32 Å². The van der Waals surface area contributed by atoms with E-state index in [4.69, 9.17) is 9.47 Å². The Balaban J connectivity index is 2.47. The van der Waals surface area contributed by atoms with Crippen LogP contribution in [-0.4, -0.2) is 54.0 Å². The zero-order valence-corrected chi connectivity index (χ0v) is 15.4. The van der Waals surface area contributed by atoms with E-state index in [0.717, 1.165) is 32.5 Å². The van der Waals surface area contributed by atoms with Crippen LogP contribution in [0.2, 0.25) is 0 Å². The van der Waals surface area contributed by atoms with Gasteiger partial charge < -0.3 is 19.7 Å². The maximum atomic E-state index is 12.4. The van der Waals surface area contributed by atoms with Crippen molar-refractivity contribution in [1.82, 2.24) is 10.2 Å². The maximum Gasteiger partial charge on any atom is 0.410 e. The zero-order valence-electron chi connectivity index (χ0n) is 15.4. The first-order chi connectivity index (χ1) is 9.93. The lowest BCUT2D eigenvalue weighted by atomic mass is 10.0. The van der Waals surface area contributed by atoms with E-state index in [1.165, 1.54) is 0 Å². The standard InChI is InChI=1S/C17H34N2O3/c1-15(2,3)19(14(20)22-16(4,5)6)11-10-18-13-17(7)9-8-12-21-17/h18H,8-13H2,1-7H3. The summed E-state index contributed by atoms with van der Waals surface area (Å²) < 4.78 is 11.3. The summed E-state index contributed by atoms with van der Waals surface area (Å²) in [6.45, 7) is 16.9. The van der Waals surface area contributed by atoms with Crippen molar-refractivity contribution < 1.29 is 14.3 Å². The Hall–Kier alpha value is -0.810. The highest BCUT2D eigenvalue weighted by Crippen LogP contribution is 2.24. The summed E-state index contributed by atoms with van der Waals surface area (Å²) in [5.74, 6) is 0. The Bertz CT molecular complexity index is 363. The second kappa shape index (κ2) is 7.18. The third kappa shape index (κ3) is 6.53. The van der Waals surface area contributed by atoms with Crippen LogP contribution >= 0.6 is 0 Å². The highest BCUT2D eigenvalue weighted by atomic mass is 16.6. The molecule has 130 valence electrons. The average molecular weight is 314 g/mol. The van der Waals surface area contributed by atoms with Crippen LogP contribution in [-0.2, 0) is 9.47 Å². The van der Waals surface area contributed by atoms with Crippen molar-refractivity contribution in [3.05, 3.63) is 0 Å². The first-order valence-electron chi connectivity index (χ1n) is 8.28. The van der Waals surface area contributed by atoms with E-state index in [1.54, 1.807) is 4.90 Å². The molecule has 22 heavy (non-hydrogen) atoms. The number of hydrogen-bond acceptors (Lipinski definition) is 4. The van der Waals surface area contributed by atoms with Gasteiger partial charge in [0.1, 0.15) is 5.60 Å². The molecule has 5 heteroatoms. The summed E-state index contributed by atoms with van der Waals surface area (Å²) in [6.07, 6.45) is 1.96. The number of carbonyl (C=O) groups is 1. The number of amides is 1. The molecule has 1 fully saturated rings. The van der Waals surface area contributed by atoms with Crippen LogP contribution in [0.3, 0.4) is 0 Å². The van der Waals surface area contributed by atoms with Crippen LogP contribution in [0.5, 0.6) is 0 Å². The molecule has 1 atom stereocenters. The van der Waals surface area contributed by atoms with E-state index in [9.17, 15) is 4.79 Å². The fraction of sp³-hybridized carbons (Fsp3) is 0.941. The van der Waals surface area contributed by atoms with Crippen molar-refractivity contribution in [2.45, 2.75) is 78.0 Å². The minimum atomic E-state index is -0.473. The molecular formula is C17H34N2O3. The minimum absolute atomic E-state index is 0.0571. The first-order valence-corrected chi connectivity index (χ1v) is 8.28. The van der Waals surface area contributed by atoms with Gasteiger partial charge in [-0.25, -0.2) is 4.79 Å². The number of carbonyl (C=O) groups excluding carboxylic acids is 1. The second-order valence-electron chi connectivity index (χ2n) is 8.38. The number of ether oxygens (including phenoxy) is 2. The summed E-state index contributed by atoms with van der Waals surface area (Å²) in [5, 5.41) is 3.41. The van der Waals surface area contributed by atoms with Crippen LogP contribution in [0.4, 0.5) is 4.79 Å². The van der Waals surface area contributed by atoms with Gasteiger partial charge >= 0.3 is 6.09 Å². The van der Waals surface area contributed by atoms with Crippen LogP contribution in [0.15, 0.2) is 0 Å². The van der Waals surface area contributed by atoms with Gasteiger partial charge in [0.15, 0.2) is 0 Å². The van der Waals surface area contributed by atoms with E-state index >= 15 is 0 Å². The third-order valence-electron chi connectivity index (χ3n) is 3.74. The van der Waals surface area contributed by atoms with E-state index in [1.807, 2.05) is 41.5 Å². The van der Waals surface area contributed by atoms with Crippen molar-refractivity contribution in [2.24, 2.45) is 0 Å². The fourth-order valence-corrected chi connectivity index (χ4v) is 2.54. The Morgan fingerprint density at radius 2 is 1.91 bits per heavy atom. The Kier molecular flexibility index (Phi) is 6.27. The number of nitrogens with one attached hydrogen (secondary N) is 1. The van der Waals surface area contributed by atoms with E-state index in [2.05, 4.69) is 12.2 Å². The molecule has 0 saturated carbocycles. The summed E-state index contributed by atoms with van der Waals surface area (Å²) in [5.41, 5.74) is -0.796. The third-order valence-corrected chi connectivity index (χ3v) is 3.74. The molecule has 5 nitrogen and oxygen atoms in total. The molecule has 1 aliphatic heterocycles. The van der Waals surface area contributed by atoms with Gasteiger partial charge in [-0.3, -0.25) is 0 Å². The van der Waals surface area contributed by atoms with Gasteiger partial charge in [-0.2, -0.15) is 0 Å². The molecule has 1 heterocycles. The predicted octanol–water partition coefficient (Wildman–Crippen LogP) is 3.18. The van der Waals surface area contributed by atoms with Crippen molar-refractivity contribution in [3.8, 4) is 0 Å². The van der Waals surface area contributed by atoms with Crippen LogP contribution in [0, 0.1) is 0 Å². The molecule has 0 aromatic carbocycles. The number of hydrogen-bond donors (Lipinski definition) is 1. The molecule has 0 aromatic rings. The maximum absolute atomic E-state index is 12.4. The summed E-state index contributed by atoms with van der Waals surface area (Å²) >= 11 is 0. The fourth-order valence-electron chi connectivity index (χ4n) is 2.54. The van der Waals surface area contributed by atoms with Gasteiger partial charge in [-0.1, -0.05) is 0 Å². The Morgan fingerprint density at radius 1 is 1.27 bits per heavy atom. The minimum Gasteiger partial charge on any atom is -0.444 e. The van der Waals surface area contributed by atoms with E-state index in [-0.39, 0.29) is 17.2 Å². The van der Waals surface area contributed by atoms with Crippen LogP contribution in [0.1, 0.15) is 61.3 Å². The van der Waals surface area contributed by atoms with Crippen LogP contribution in [0.25, 0.3) is 0 Å². The van der Waals surface area contributed by atoms with Gasteiger partial charge in [0.25, 0.3) is 0 Å². The lowest BCUT2D eigenvalue weighted by Gasteiger charge is -2.37. The van der Waals surface area contributed by atoms with Gasteiger partial charge in [-0.15, -0.1) is 0 Å². The van der Waals surface area contributed by atoms with Gasteiger partial charge in [0.2, 0.25) is 0 Å². The monoisotopic (exact) mass is 314 g/mol. The van der Waals surface area contributed by atoms with Crippen molar-refractivity contribution in [2.75, 3.05) is 26.2 Å². The lowest BCUT2D eigenvalue weighted by molar-refractivity contribution is 0.00460. The molecule has 0 bridgehead atoms. The molecule has 1 rings (SSSR count). The normalized spacial score (nSPS) is 22.7. The molecule has 1 saturated heterocycles. The molecule has 1 aliphatic rings. The van der Waals surface area contributed by atoms with Gasteiger partial charge in [-0.05, 0) is 61.3 Å². The van der Waals surface area contributed by atoms with Crippen molar-refractivity contribution in [3.63, 3.8) is 0 Å². The molecule has 1 unspecified atom stereocenters. The SMILES string of the molecule is CC(C)(C)OC(=O)N(CCNCC1(C)CCCO1)C(C)(C)C. The second-order valence-corrected chi connectivity index (χ2v) is 8.38. The molecule has 1 amide bonds. The van der Waals surface area contributed by atoms with E-state index in [0.29, 0.717) is 6.54 Å². The quantitative estimate of drug-likeness (QED) is 0.792. The topological polar surface area (TPSA) is 50.8 Å². The smallest absolute Gasteiger partial charge is 0.410 e. The molecule has 0 radical (unpaired) electrons. The molecule has 0 aromatic heterocycles.